The second kappa shape index (κ2) is 10.6. The van der Waals surface area contributed by atoms with Gasteiger partial charge in [-0.2, -0.15) is 9.97 Å². The van der Waals surface area contributed by atoms with Crippen molar-refractivity contribution in [1.82, 2.24) is 24.1 Å². The van der Waals surface area contributed by atoms with Crippen LogP contribution in [0.3, 0.4) is 0 Å². The number of nitrogens with zero attached hydrogens (tertiary/aromatic N) is 5. The van der Waals surface area contributed by atoms with Gasteiger partial charge in [0.2, 0.25) is 5.95 Å². The van der Waals surface area contributed by atoms with Crippen molar-refractivity contribution in [3.05, 3.63) is 157 Å². The van der Waals surface area contributed by atoms with Gasteiger partial charge in [0.1, 0.15) is 0 Å². The number of aryl methyl sites for hydroxylation is 1. The van der Waals surface area contributed by atoms with Crippen LogP contribution in [-0.4, -0.2) is 24.1 Å². The lowest BCUT2D eigenvalue weighted by atomic mass is 9.93. The summed E-state index contributed by atoms with van der Waals surface area (Å²) in [5.41, 5.74) is 10.2. The lowest BCUT2D eigenvalue weighted by Crippen LogP contribution is -2.07. The highest BCUT2D eigenvalue weighted by Gasteiger charge is 2.25. The molecule has 9 aromatic rings. The van der Waals surface area contributed by atoms with Gasteiger partial charge in [0.15, 0.2) is 11.6 Å². The number of rotatable bonds is 4. The standard InChI is InChI=1S/C43H29N5/c1-4-15-29(16-5-1)41-44-42(30-17-6-2-7-18-30)46-43(45-41)48-36-23-13-12-22-33(36)34-25-26-35-38-32-21-11-10-14-28(32)24-27-37(38)47(40(35)39(34)48)31-19-8-3-9-20-31/h1-9,11-13,15-27H,10,14H2. The Morgan fingerprint density at radius 3 is 1.83 bits per heavy atom. The largest absolute Gasteiger partial charge is 0.307 e. The summed E-state index contributed by atoms with van der Waals surface area (Å²) in [6.07, 6.45) is 6.75. The molecule has 0 unspecified atom stereocenters. The number of para-hydroxylation sites is 2. The molecule has 5 heteroatoms. The van der Waals surface area contributed by atoms with Crippen LogP contribution in [0.2, 0.25) is 0 Å². The Morgan fingerprint density at radius 1 is 0.479 bits per heavy atom. The van der Waals surface area contributed by atoms with E-state index in [1.165, 1.54) is 27.4 Å². The Hall–Kier alpha value is -6.33. The van der Waals surface area contributed by atoms with Crippen molar-refractivity contribution in [3.63, 3.8) is 0 Å². The molecule has 0 amide bonds. The minimum atomic E-state index is 0.591. The Morgan fingerprint density at radius 2 is 1.10 bits per heavy atom. The zero-order valence-corrected chi connectivity index (χ0v) is 26.1. The second-order valence-corrected chi connectivity index (χ2v) is 12.4. The summed E-state index contributed by atoms with van der Waals surface area (Å²) >= 11 is 0. The highest BCUT2D eigenvalue weighted by atomic mass is 15.2. The minimum absolute atomic E-state index is 0.591. The summed E-state index contributed by atoms with van der Waals surface area (Å²) in [7, 11) is 0. The molecule has 1 aliphatic rings. The first-order chi connectivity index (χ1) is 23.8. The SMILES string of the molecule is C1=Cc2c(ccc3c2c2ccc4c5ccccc5n(-c5nc(-c6ccccc6)nc(-c6ccccc6)n5)c4c2n3-c2ccccc2)CC1. The van der Waals surface area contributed by atoms with E-state index in [4.69, 9.17) is 15.0 Å². The van der Waals surface area contributed by atoms with E-state index < -0.39 is 0 Å². The average Bonchev–Trinajstić information content (AvgIpc) is 3.69. The van der Waals surface area contributed by atoms with E-state index in [0.29, 0.717) is 17.6 Å². The summed E-state index contributed by atoms with van der Waals surface area (Å²) in [5, 5.41) is 4.82. The molecule has 0 saturated heterocycles. The number of aromatic nitrogens is 5. The van der Waals surface area contributed by atoms with E-state index in [0.717, 1.165) is 57.0 Å². The van der Waals surface area contributed by atoms with Gasteiger partial charge < -0.3 is 4.57 Å². The molecule has 1 aliphatic carbocycles. The molecule has 226 valence electrons. The van der Waals surface area contributed by atoms with Gasteiger partial charge in [0, 0.05) is 38.4 Å². The zero-order chi connectivity index (χ0) is 31.6. The fourth-order valence-corrected chi connectivity index (χ4v) is 7.51. The second-order valence-electron chi connectivity index (χ2n) is 12.4. The van der Waals surface area contributed by atoms with Crippen molar-refractivity contribution >= 4 is 49.7 Å². The van der Waals surface area contributed by atoms with E-state index in [-0.39, 0.29) is 0 Å². The monoisotopic (exact) mass is 615 g/mol. The minimum Gasteiger partial charge on any atom is -0.307 e. The quantitative estimate of drug-likeness (QED) is 0.198. The summed E-state index contributed by atoms with van der Waals surface area (Å²) in [4.78, 5) is 15.5. The first-order valence-electron chi connectivity index (χ1n) is 16.4. The maximum absolute atomic E-state index is 5.23. The summed E-state index contributed by atoms with van der Waals surface area (Å²) in [6.45, 7) is 0. The lowest BCUT2D eigenvalue weighted by molar-refractivity contribution is 0.953. The molecule has 0 aliphatic heterocycles. The molecule has 0 fully saturated rings. The van der Waals surface area contributed by atoms with Gasteiger partial charge >= 0.3 is 0 Å². The predicted octanol–water partition coefficient (Wildman–Crippen LogP) is 10.4. The molecule has 0 radical (unpaired) electrons. The highest BCUT2D eigenvalue weighted by molar-refractivity contribution is 6.25. The molecule has 6 aromatic carbocycles. The van der Waals surface area contributed by atoms with Gasteiger partial charge in [0.05, 0.1) is 22.1 Å². The number of fused-ring (bicyclic) bond motifs is 9. The van der Waals surface area contributed by atoms with Gasteiger partial charge in [-0.15, -0.1) is 0 Å². The highest BCUT2D eigenvalue weighted by Crippen LogP contribution is 2.43. The molecule has 5 nitrogen and oxygen atoms in total. The van der Waals surface area contributed by atoms with E-state index in [1.54, 1.807) is 0 Å². The van der Waals surface area contributed by atoms with Crippen molar-refractivity contribution in [3.8, 4) is 34.4 Å². The van der Waals surface area contributed by atoms with E-state index in [9.17, 15) is 0 Å². The lowest BCUT2D eigenvalue weighted by Gasteiger charge is -2.13. The molecule has 0 saturated carbocycles. The van der Waals surface area contributed by atoms with Crippen LogP contribution < -0.4 is 0 Å². The van der Waals surface area contributed by atoms with Crippen LogP contribution in [0.4, 0.5) is 0 Å². The Kier molecular flexibility index (Phi) is 5.93. The van der Waals surface area contributed by atoms with Crippen LogP contribution in [0.15, 0.2) is 146 Å². The fourth-order valence-electron chi connectivity index (χ4n) is 7.51. The molecule has 0 N–H and O–H groups in total. The molecule has 3 aromatic heterocycles. The molecule has 10 rings (SSSR count). The first kappa shape index (κ1) is 26.8. The fraction of sp³-hybridized carbons (Fsp3) is 0.0465. The molecular weight excluding hydrogens is 587 g/mol. The van der Waals surface area contributed by atoms with Crippen molar-refractivity contribution < 1.29 is 0 Å². The Bertz CT molecular complexity index is 2650. The van der Waals surface area contributed by atoms with Crippen molar-refractivity contribution in [1.29, 1.82) is 0 Å². The van der Waals surface area contributed by atoms with Crippen LogP contribution in [0, 0.1) is 0 Å². The first-order valence-corrected chi connectivity index (χ1v) is 16.4. The van der Waals surface area contributed by atoms with Crippen molar-refractivity contribution in [2.45, 2.75) is 12.8 Å². The number of hydrogen-bond donors (Lipinski definition) is 0. The predicted molar refractivity (Wildman–Crippen MR) is 197 cm³/mol. The average molecular weight is 616 g/mol. The van der Waals surface area contributed by atoms with Gasteiger partial charge in [-0.25, -0.2) is 4.98 Å². The summed E-state index contributed by atoms with van der Waals surface area (Å²) in [6, 6.07) is 48.9. The maximum Gasteiger partial charge on any atom is 0.238 e. The molecule has 0 spiro atoms. The third kappa shape index (κ3) is 4.01. The normalized spacial score (nSPS) is 12.8. The number of allylic oxidation sites excluding steroid dienone is 1. The molecule has 3 heterocycles. The van der Waals surface area contributed by atoms with E-state index in [2.05, 4.69) is 124 Å². The third-order valence-electron chi connectivity index (χ3n) is 9.62. The zero-order valence-electron chi connectivity index (χ0n) is 26.1. The van der Waals surface area contributed by atoms with Gasteiger partial charge in [-0.3, -0.25) is 4.57 Å². The van der Waals surface area contributed by atoms with Gasteiger partial charge in [0.25, 0.3) is 0 Å². The maximum atomic E-state index is 5.23. The van der Waals surface area contributed by atoms with Gasteiger partial charge in [-0.05, 0) is 48.2 Å². The number of benzene rings is 6. The Balaban J connectivity index is 1.41. The molecule has 48 heavy (non-hydrogen) atoms. The van der Waals surface area contributed by atoms with Crippen molar-refractivity contribution in [2.24, 2.45) is 0 Å². The topological polar surface area (TPSA) is 48.5 Å². The Labute approximate surface area is 277 Å². The third-order valence-corrected chi connectivity index (χ3v) is 9.62. The molecule has 0 atom stereocenters. The van der Waals surface area contributed by atoms with Crippen LogP contribution in [-0.2, 0) is 6.42 Å². The van der Waals surface area contributed by atoms with Crippen LogP contribution in [0.1, 0.15) is 17.5 Å². The van der Waals surface area contributed by atoms with E-state index in [1.807, 2.05) is 36.4 Å². The molecular formula is C43H29N5. The van der Waals surface area contributed by atoms with Crippen LogP contribution in [0.5, 0.6) is 0 Å². The smallest absolute Gasteiger partial charge is 0.238 e. The van der Waals surface area contributed by atoms with Crippen molar-refractivity contribution in [2.75, 3.05) is 0 Å². The molecule has 0 bridgehead atoms. The van der Waals surface area contributed by atoms with Crippen LogP contribution in [0.25, 0.3) is 84.1 Å². The number of hydrogen-bond acceptors (Lipinski definition) is 3. The van der Waals surface area contributed by atoms with Gasteiger partial charge in [-0.1, -0.05) is 127 Å². The van der Waals surface area contributed by atoms with E-state index >= 15 is 0 Å². The summed E-state index contributed by atoms with van der Waals surface area (Å²) in [5.74, 6) is 1.87. The summed E-state index contributed by atoms with van der Waals surface area (Å²) < 4.78 is 4.69. The van der Waals surface area contributed by atoms with Crippen LogP contribution >= 0.6 is 0 Å².